The summed E-state index contributed by atoms with van der Waals surface area (Å²) in [5.74, 6) is 0.152. The molecule has 8 nitrogen and oxygen atoms in total. The highest BCUT2D eigenvalue weighted by Gasteiger charge is 2.07. The number of benzene rings is 6. The van der Waals surface area contributed by atoms with Gasteiger partial charge in [0.05, 0.1) is 22.7 Å². The van der Waals surface area contributed by atoms with E-state index in [1.165, 1.54) is 0 Å². The summed E-state index contributed by atoms with van der Waals surface area (Å²) in [6, 6.07) is 36.6. The van der Waals surface area contributed by atoms with Crippen LogP contribution in [0.25, 0.3) is 21.5 Å². The third kappa shape index (κ3) is 5.27. The van der Waals surface area contributed by atoms with Crippen LogP contribution in [0.15, 0.2) is 152 Å². The van der Waals surface area contributed by atoms with Crippen molar-refractivity contribution >= 4 is 55.7 Å². The van der Waals surface area contributed by atoms with E-state index in [9.17, 15) is 10.2 Å². The van der Waals surface area contributed by atoms with Gasteiger partial charge in [0.2, 0.25) is 0 Å². The molecule has 0 bridgehead atoms. The van der Waals surface area contributed by atoms with E-state index >= 15 is 0 Å². The van der Waals surface area contributed by atoms with E-state index in [-0.39, 0.29) is 11.5 Å². The second-order valence-corrected chi connectivity index (χ2v) is 8.94. The number of aromatic hydroxyl groups is 2. The molecule has 192 valence electrons. The molecule has 6 aromatic carbocycles. The SMILES string of the molecule is Oc1ccc2ccccc2c1/N=N/c1ccc(/N=N/c2ccc(/N=N/c3c(O)ccc4ccccc34)cc2)cc1. The second-order valence-electron chi connectivity index (χ2n) is 8.94. The summed E-state index contributed by atoms with van der Waals surface area (Å²) < 4.78 is 0. The fraction of sp³-hybridized carbons (Fsp3) is 0. The Morgan fingerprint density at radius 1 is 0.325 bits per heavy atom. The smallest absolute Gasteiger partial charge is 0.143 e. The Morgan fingerprint density at radius 3 is 1.02 bits per heavy atom. The first-order valence-corrected chi connectivity index (χ1v) is 12.5. The number of phenolic OH excluding ortho intramolecular Hbond substituents is 2. The molecule has 6 rings (SSSR count). The Labute approximate surface area is 229 Å². The number of azo groups is 3. The van der Waals surface area contributed by atoms with Crippen molar-refractivity contribution in [1.82, 2.24) is 0 Å². The third-order valence-corrected chi connectivity index (χ3v) is 6.27. The average molecular weight is 523 g/mol. The van der Waals surface area contributed by atoms with Crippen molar-refractivity contribution in [3.05, 3.63) is 121 Å². The summed E-state index contributed by atoms with van der Waals surface area (Å²) in [5.41, 5.74) is 3.42. The zero-order chi connectivity index (χ0) is 27.3. The van der Waals surface area contributed by atoms with Crippen LogP contribution in [0.5, 0.6) is 11.5 Å². The van der Waals surface area contributed by atoms with E-state index in [1.54, 1.807) is 60.7 Å². The van der Waals surface area contributed by atoms with Crippen LogP contribution >= 0.6 is 0 Å². The lowest BCUT2D eigenvalue weighted by Crippen LogP contribution is -1.74. The Bertz CT molecular complexity index is 1770. The van der Waals surface area contributed by atoms with Gasteiger partial charge in [0, 0.05) is 10.8 Å². The minimum atomic E-state index is 0.0760. The van der Waals surface area contributed by atoms with Crippen molar-refractivity contribution in [3.63, 3.8) is 0 Å². The summed E-state index contributed by atoms with van der Waals surface area (Å²) in [6.45, 7) is 0. The average Bonchev–Trinajstić information content (AvgIpc) is 3.00. The third-order valence-electron chi connectivity index (χ3n) is 6.27. The first kappa shape index (κ1) is 24.6. The van der Waals surface area contributed by atoms with Crippen molar-refractivity contribution in [2.24, 2.45) is 30.7 Å². The van der Waals surface area contributed by atoms with Gasteiger partial charge in [-0.2, -0.15) is 20.5 Å². The zero-order valence-corrected chi connectivity index (χ0v) is 21.1. The van der Waals surface area contributed by atoms with Crippen LogP contribution in [0.1, 0.15) is 0 Å². The Balaban J connectivity index is 1.13. The fourth-order valence-corrected chi connectivity index (χ4v) is 4.20. The van der Waals surface area contributed by atoms with Crippen molar-refractivity contribution in [1.29, 1.82) is 0 Å². The van der Waals surface area contributed by atoms with Crippen LogP contribution in [0.4, 0.5) is 34.1 Å². The number of hydrogen-bond acceptors (Lipinski definition) is 8. The Morgan fingerprint density at radius 2 is 0.650 bits per heavy atom. The van der Waals surface area contributed by atoms with E-state index in [1.807, 2.05) is 60.7 Å². The summed E-state index contributed by atoms with van der Waals surface area (Å²) in [6.07, 6.45) is 0. The lowest BCUT2D eigenvalue weighted by atomic mass is 10.1. The number of rotatable bonds is 6. The highest BCUT2D eigenvalue weighted by Crippen LogP contribution is 2.37. The molecule has 8 heteroatoms. The second kappa shape index (κ2) is 10.9. The summed E-state index contributed by atoms with van der Waals surface area (Å²) in [7, 11) is 0. The van der Waals surface area contributed by atoms with Gasteiger partial charge in [-0.25, -0.2) is 0 Å². The highest BCUT2D eigenvalue weighted by atomic mass is 16.3. The molecule has 0 unspecified atom stereocenters. The largest absolute Gasteiger partial charge is 0.506 e. The molecule has 2 N–H and O–H groups in total. The molecular weight excluding hydrogens is 500 g/mol. The van der Waals surface area contributed by atoms with E-state index in [0.29, 0.717) is 34.1 Å². The van der Waals surface area contributed by atoms with Gasteiger partial charge in [-0.15, -0.1) is 10.2 Å². The Hall–Kier alpha value is -5.76. The maximum atomic E-state index is 10.3. The van der Waals surface area contributed by atoms with E-state index in [2.05, 4.69) is 30.7 Å². The van der Waals surface area contributed by atoms with Crippen LogP contribution < -0.4 is 0 Å². The van der Waals surface area contributed by atoms with Gasteiger partial charge in [0.25, 0.3) is 0 Å². The molecule has 0 aromatic heterocycles. The van der Waals surface area contributed by atoms with Gasteiger partial charge in [0.15, 0.2) is 0 Å². The molecule has 0 fully saturated rings. The topological polar surface area (TPSA) is 115 Å². The molecule has 0 saturated carbocycles. The molecule has 0 aliphatic carbocycles. The van der Waals surface area contributed by atoms with Gasteiger partial charge in [0.1, 0.15) is 22.9 Å². The van der Waals surface area contributed by atoms with E-state index < -0.39 is 0 Å². The fourth-order valence-electron chi connectivity index (χ4n) is 4.20. The van der Waals surface area contributed by atoms with Gasteiger partial charge in [-0.1, -0.05) is 60.7 Å². The molecule has 0 spiro atoms. The lowest BCUT2D eigenvalue weighted by molar-refractivity contribution is 0.476. The number of hydrogen-bond donors (Lipinski definition) is 2. The van der Waals surface area contributed by atoms with Crippen LogP contribution in [-0.4, -0.2) is 10.2 Å². The summed E-state index contributed by atoms with van der Waals surface area (Å²) >= 11 is 0. The van der Waals surface area contributed by atoms with Crippen LogP contribution in [0.3, 0.4) is 0 Å². The van der Waals surface area contributed by atoms with Crippen molar-refractivity contribution in [2.45, 2.75) is 0 Å². The maximum Gasteiger partial charge on any atom is 0.143 e. The molecule has 0 saturated heterocycles. The molecule has 6 aromatic rings. The first-order valence-electron chi connectivity index (χ1n) is 12.5. The van der Waals surface area contributed by atoms with Gasteiger partial charge < -0.3 is 10.2 Å². The standard InChI is InChI=1S/C32H22N6O2/c39-29-19-9-21-5-1-3-7-27(21)31(29)37-35-25-15-11-23(12-16-25)33-34-24-13-17-26(18-14-24)36-38-32-28-8-4-2-6-22(28)10-20-30(32)40/h1-20,39-40H/b34-33+,37-35+,38-36+. The van der Waals surface area contributed by atoms with Gasteiger partial charge in [-0.3, -0.25) is 0 Å². The molecule has 0 aliphatic rings. The predicted molar refractivity (Wildman–Crippen MR) is 157 cm³/mol. The lowest BCUT2D eigenvalue weighted by Gasteiger charge is -2.03. The van der Waals surface area contributed by atoms with E-state index in [4.69, 9.17) is 0 Å². The maximum absolute atomic E-state index is 10.3. The molecular formula is C32H22N6O2. The predicted octanol–water partition coefficient (Wildman–Crippen LogP) is 10.7. The summed E-state index contributed by atoms with van der Waals surface area (Å²) in [4.78, 5) is 0. The van der Waals surface area contributed by atoms with Gasteiger partial charge in [-0.05, 0) is 71.4 Å². The minimum Gasteiger partial charge on any atom is -0.506 e. The normalized spacial score (nSPS) is 11.9. The first-order chi connectivity index (χ1) is 19.6. The molecule has 0 amide bonds. The Kier molecular flexibility index (Phi) is 6.71. The highest BCUT2D eigenvalue weighted by molar-refractivity contribution is 5.96. The molecule has 0 atom stereocenters. The monoisotopic (exact) mass is 522 g/mol. The number of phenols is 2. The number of nitrogens with zero attached hydrogens (tertiary/aromatic N) is 6. The molecule has 0 radical (unpaired) electrons. The van der Waals surface area contributed by atoms with Crippen molar-refractivity contribution in [3.8, 4) is 11.5 Å². The zero-order valence-electron chi connectivity index (χ0n) is 21.1. The van der Waals surface area contributed by atoms with Crippen molar-refractivity contribution in [2.75, 3.05) is 0 Å². The summed E-state index contributed by atoms with van der Waals surface area (Å²) in [5, 5.41) is 49.8. The molecule has 40 heavy (non-hydrogen) atoms. The van der Waals surface area contributed by atoms with Crippen LogP contribution in [-0.2, 0) is 0 Å². The van der Waals surface area contributed by atoms with Crippen LogP contribution in [0.2, 0.25) is 0 Å². The van der Waals surface area contributed by atoms with E-state index in [0.717, 1.165) is 21.5 Å². The van der Waals surface area contributed by atoms with Gasteiger partial charge >= 0.3 is 0 Å². The molecule has 0 aliphatic heterocycles. The number of fused-ring (bicyclic) bond motifs is 2. The minimum absolute atomic E-state index is 0.0760. The quantitative estimate of drug-likeness (QED) is 0.212. The molecule has 0 heterocycles. The van der Waals surface area contributed by atoms with Crippen LogP contribution in [0, 0.1) is 0 Å². The van der Waals surface area contributed by atoms with Crippen molar-refractivity contribution < 1.29 is 10.2 Å².